The summed E-state index contributed by atoms with van der Waals surface area (Å²) in [4.78, 5) is 2.40. The van der Waals surface area contributed by atoms with Crippen LogP contribution in [0.15, 0.2) is 18.3 Å². The molecule has 6 heteroatoms. The van der Waals surface area contributed by atoms with E-state index in [0.717, 1.165) is 26.1 Å². The zero-order valence-electron chi connectivity index (χ0n) is 11.0. The monoisotopic (exact) mass is 271 g/mol. The lowest BCUT2D eigenvalue weighted by Crippen LogP contribution is -2.38. The molecule has 2 heterocycles. The number of fused-ring (bicyclic) bond motifs is 1. The molecule has 1 N–H and O–H groups in total. The molecule has 5 nitrogen and oxygen atoms in total. The molecule has 0 radical (unpaired) electrons. The van der Waals surface area contributed by atoms with Gasteiger partial charge in [0.1, 0.15) is 0 Å². The van der Waals surface area contributed by atoms with Crippen LogP contribution in [0.25, 0.3) is 0 Å². The van der Waals surface area contributed by atoms with Crippen LogP contribution in [0.3, 0.4) is 0 Å². The molecule has 18 heavy (non-hydrogen) atoms. The first-order chi connectivity index (χ1) is 8.47. The van der Waals surface area contributed by atoms with Crippen molar-refractivity contribution < 1.29 is 8.42 Å². The zero-order valence-corrected chi connectivity index (χ0v) is 11.8. The molecule has 0 bridgehead atoms. The van der Waals surface area contributed by atoms with E-state index in [-0.39, 0.29) is 0 Å². The van der Waals surface area contributed by atoms with Gasteiger partial charge >= 0.3 is 0 Å². The van der Waals surface area contributed by atoms with Gasteiger partial charge in [0.15, 0.2) is 0 Å². The highest BCUT2D eigenvalue weighted by Crippen LogP contribution is 2.24. The number of nitrogens with zero attached hydrogens (tertiary/aromatic N) is 2. The highest BCUT2D eigenvalue weighted by atomic mass is 32.2. The van der Waals surface area contributed by atoms with Crippen LogP contribution >= 0.6 is 0 Å². The van der Waals surface area contributed by atoms with Crippen molar-refractivity contribution >= 4 is 10.0 Å². The standard InChI is InChI=1S/C12H21N3O2S/c1-11-12-5-3-7-15(12)10-9-14(11)8-4-6-13-18(2,16)17/h3,5,7,11,13H,4,6,8-10H2,1-2H3. The third-order valence-electron chi connectivity index (χ3n) is 3.45. The molecule has 1 aliphatic rings. The van der Waals surface area contributed by atoms with Gasteiger partial charge < -0.3 is 4.57 Å². The van der Waals surface area contributed by atoms with Gasteiger partial charge in [-0.15, -0.1) is 0 Å². The minimum atomic E-state index is -3.05. The summed E-state index contributed by atoms with van der Waals surface area (Å²) in [6, 6.07) is 4.65. The van der Waals surface area contributed by atoms with E-state index in [9.17, 15) is 8.42 Å². The third-order valence-corrected chi connectivity index (χ3v) is 4.18. The topological polar surface area (TPSA) is 54.3 Å². The molecule has 2 rings (SSSR count). The summed E-state index contributed by atoms with van der Waals surface area (Å²) in [6.07, 6.45) is 4.16. The Morgan fingerprint density at radius 3 is 2.94 bits per heavy atom. The maximum Gasteiger partial charge on any atom is 0.208 e. The summed E-state index contributed by atoms with van der Waals surface area (Å²) in [5, 5.41) is 0. The second-order valence-corrected chi connectivity index (χ2v) is 6.69. The van der Waals surface area contributed by atoms with Gasteiger partial charge in [-0.1, -0.05) is 0 Å². The summed E-state index contributed by atoms with van der Waals surface area (Å²) >= 11 is 0. The van der Waals surface area contributed by atoms with Gasteiger partial charge in [0.2, 0.25) is 10.0 Å². The molecule has 0 fully saturated rings. The molecule has 1 atom stereocenters. The van der Waals surface area contributed by atoms with E-state index in [2.05, 4.69) is 39.4 Å². The van der Waals surface area contributed by atoms with E-state index in [1.807, 2.05) is 0 Å². The maximum absolute atomic E-state index is 10.9. The highest BCUT2D eigenvalue weighted by molar-refractivity contribution is 7.88. The van der Waals surface area contributed by atoms with Crippen molar-refractivity contribution in [2.75, 3.05) is 25.9 Å². The van der Waals surface area contributed by atoms with Gasteiger partial charge in [0.25, 0.3) is 0 Å². The summed E-state index contributed by atoms with van der Waals surface area (Å²) < 4.78 is 26.7. The minimum absolute atomic E-state index is 0.409. The average Bonchev–Trinajstić information content (AvgIpc) is 2.74. The van der Waals surface area contributed by atoms with Crippen LogP contribution < -0.4 is 4.72 Å². The zero-order chi connectivity index (χ0) is 13.2. The van der Waals surface area contributed by atoms with Gasteiger partial charge in [-0.3, -0.25) is 4.90 Å². The van der Waals surface area contributed by atoms with Gasteiger partial charge in [-0.25, -0.2) is 13.1 Å². The van der Waals surface area contributed by atoms with E-state index >= 15 is 0 Å². The Morgan fingerprint density at radius 1 is 1.44 bits per heavy atom. The molecule has 1 unspecified atom stereocenters. The SMILES string of the molecule is CC1c2cccn2CCN1CCCNS(C)(=O)=O. The largest absolute Gasteiger partial charge is 0.349 e. The molecular formula is C12H21N3O2S. The average molecular weight is 271 g/mol. The van der Waals surface area contributed by atoms with E-state index in [1.165, 1.54) is 11.9 Å². The van der Waals surface area contributed by atoms with Gasteiger partial charge in [-0.05, 0) is 25.5 Å². The van der Waals surface area contributed by atoms with Crippen LogP contribution in [0, 0.1) is 0 Å². The number of aromatic nitrogens is 1. The summed E-state index contributed by atoms with van der Waals surface area (Å²) in [6.45, 7) is 5.70. The fourth-order valence-electron chi connectivity index (χ4n) is 2.47. The number of hydrogen-bond acceptors (Lipinski definition) is 3. The van der Waals surface area contributed by atoms with Crippen molar-refractivity contribution in [3.63, 3.8) is 0 Å². The second-order valence-electron chi connectivity index (χ2n) is 4.86. The third kappa shape index (κ3) is 3.34. The van der Waals surface area contributed by atoms with Crippen molar-refractivity contribution in [3.05, 3.63) is 24.0 Å². The lowest BCUT2D eigenvalue weighted by atomic mass is 10.1. The van der Waals surface area contributed by atoms with Crippen LogP contribution in [0.4, 0.5) is 0 Å². The molecule has 0 spiro atoms. The van der Waals surface area contributed by atoms with E-state index in [1.54, 1.807) is 0 Å². The lowest BCUT2D eigenvalue weighted by Gasteiger charge is -2.34. The molecule has 0 saturated heterocycles. The van der Waals surface area contributed by atoms with E-state index in [0.29, 0.717) is 12.6 Å². The van der Waals surface area contributed by atoms with Crippen LogP contribution in [0.2, 0.25) is 0 Å². The van der Waals surface area contributed by atoms with Crippen LogP contribution in [-0.4, -0.2) is 43.8 Å². The van der Waals surface area contributed by atoms with Crippen LogP contribution in [0.1, 0.15) is 25.1 Å². The molecule has 1 aromatic heterocycles. The number of nitrogens with one attached hydrogen (secondary N) is 1. The Balaban J connectivity index is 1.82. The molecule has 1 aromatic rings. The van der Waals surface area contributed by atoms with Crippen LogP contribution in [0.5, 0.6) is 0 Å². The predicted octanol–water partition coefficient (Wildman–Crippen LogP) is 0.804. The summed E-state index contributed by atoms with van der Waals surface area (Å²) in [5.74, 6) is 0. The predicted molar refractivity (Wildman–Crippen MR) is 71.9 cm³/mol. The lowest BCUT2D eigenvalue weighted by molar-refractivity contribution is 0.168. The van der Waals surface area contributed by atoms with Crippen LogP contribution in [-0.2, 0) is 16.6 Å². The van der Waals surface area contributed by atoms with E-state index < -0.39 is 10.0 Å². The number of hydrogen-bond donors (Lipinski definition) is 1. The first kappa shape index (κ1) is 13.6. The Morgan fingerprint density at radius 2 is 2.22 bits per heavy atom. The molecule has 0 saturated carbocycles. The molecule has 0 aliphatic carbocycles. The Bertz CT molecular complexity index is 495. The van der Waals surface area contributed by atoms with Crippen molar-refractivity contribution in [3.8, 4) is 0 Å². The first-order valence-corrected chi connectivity index (χ1v) is 8.20. The Labute approximate surface area is 109 Å². The molecule has 102 valence electrons. The summed E-state index contributed by atoms with van der Waals surface area (Å²) in [5.41, 5.74) is 1.34. The highest BCUT2D eigenvalue weighted by Gasteiger charge is 2.22. The van der Waals surface area contributed by atoms with Crippen molar-refractivity contribution in [2.24, 2.45) is 0 Å². The maximum atomic E-state index is 10.9. The van der Waals surface area contributed by atoms with Gasteiger partial charge in [0.05, 0.1) is 6.26 Å². The van der Waals surface area contributed by atoms with Crippen molar-refractivity contribution in [1.82, 2.24) is 14.2 Å². The Hall–Kier alpha value is -0.850. The first-order valence-electron chi connectivity index (χ1n) is 6.31. The molecule has 0 amide bonds. The Kier molecular flexibility index (Phi) is 4.09. The quantitative estimate of drug-likeness (QED) is 0.806. The fraction of sp³-hybridized carbons (Fsp3) is 0.667. The number of rotatable bonds is 5. The molecule has 1 aliphatic heterocycles. The van der Waals surface area contributed by atoms with E-state index in [4.69, 9.17) is 0 Å². The summed E-state index contributed by atoms with van der Waals surface area (Å²) in [7, 11) is -3.05. The minimum Gasteiger partial charge on any atom is -0.349 e. The smallest absolute Gasteiger partial charge is 0.208 e. The number of sulfonamides is 1. The molecular weight excluding hydrogens is 250 g/mol. The van der Waals surface area contributed by atoms with Crippen molar-refractivity contribution in [2.45, 2.75) is 25.9 Å². The molecule has 0 aromatic carbocycles. The normalized spacial score (nSPS) is 20.9. The van der Waals surface area contributed by atoms with Gasteiger partial charge in [0, 0.05) is 44.1 Å². The van der Waals surface area contributed by atoms with Crippen molar-refractivity contribution in [1.29, 1.82) is 0 Å². The fourth-order valence-corrected chi connectivity index (χ4v) is 2.99. The van der Waals surface area contributed by atoms with Gasteiger partial charge in [-0.2, -0.15) is 0 Å². The second kappa shape index (κ2) is 5.42.